The predicted octanol–water partition coefficient (Wildman–Crippen LogP) is 12.9. The molecule has 0 aliphatic carbocycles. The Labute approximate surface area is 263 Å². The molecule has 0 spiro atoms. The van der Waals surface area contributed by atoms with Gasteiger partial charge >= 0.3 is 0 Å². The van der Waals surface area contributed by atoms with Crippen molar-refractivity contribution in [1.82, 2.24) is 0 Å². The van der Waals surface area contributed by atoms with Gasteiger partial charge in [0.1, 0.15) is 0 Å². The number of allylic oxidation sites excluding steroid dienone is 4. The molecule has 246 valence electrons. The van der Waals surface area contributed by atoms with Crippen LogP contribution in [0.1, 0.15) is 201 Å². The van der Waals surface area contributed by atoms with E-state index in [-0.39, 0.29) is 11.0 Å². The Morgan fingerprint density at radius 2 is 0.738 bits per heavy atom. The van der Waals surface area contributed by atoms with Gasteiger partial charge in [-0.2, -0.15) is 0 Å². The number of carbonyl (C=O) groups is 2. The van der Waals surface area contributed by atoms with Gasteiger partial charge in [0, 0.05) is 12.8 Å². The Kier molecular flexibility index (Phi) is 32.5. The van der Waals surface area contributed by atoms with E-state index in [1.54, 1.807) is 6.92 Å². The minimum Gasteiger partial charge on any atom is -0.388 e. The van der Waals surface area contributed by atoms with Gasteiger partial charge < -0.3 is 5.11 Å². The van der Waals surface area contributed by atoms with Crippen molar-refractivity contribution in [2.75, 3.05) is 0 Å². The summed E-state index contributed by atoms with van der Waals surface area (Å²) in [6, 6.07) is 0. The first-order chi connectivity index (χ1) is 20.5. The molecule has 0 aliphatic rings. The molecule has 0 amide bonds. The van der Waals surface area contributed by atoms with Crippen LogP contribution in [-0.4, -0.2) is 22.0 Å². The minimum absolute atomic E-state index is 0.00961. The largest absolute Gasteiger partial charge is 0.388 e. The lowest BCUT2D eigenvalue weighted by molar-refractivity contribution is -0.114. The summed E-state index contributed by atoms with van der Waals surface area (Å²) in [5.41, 5.74) is 0.0192. The average molecular weight is 607 g/mol. The summed E-state index contributed by atoms with van der Waals surface area (Å²) in [6.07, 6.45) is 42.3. The van der Waals surface area contributed by atoms with Crippen LogP contribution in [0, 0.1) is 0 Å². The molecular formula is C38H71O3P. The van der Waals surface area contributed by atoms with Crippen LogP contribution in [0.5, 0.6) is 0 Å². The van der Waals surface area contributed by atoms with Crippen molar-refractivity contribution in [2.45, 2.75) is 206 Å². The average Bonchev–Trinajstić information content (AvgIpc) is 2.97. The molecule has 1 unspecified atom stereocenters. The Hall–Kier alpha value is -0.790. The van der Waals surface area contributed by atoms with Crippen LogP contribution in [0.2, 0.25) is 0 Å². The van der Waals surface area contributed by atoms with Gasteiger partial charge in [-0.05, 0) is 71.1 Å². The van der Waals surface area contributed by atoms with Crippen LogP contribution in [-0.2, 0) is 9.59 Å². The number of unbranched alkanes of at least 4 members (excludes halogenated alkanes) is 22. The van der Waals surface area contributed by atoms with E-state index in [0.29, 0.717) is 12.8 Å². The second-order valence-corrected chi connectivity index (χ2v) is 14.9. The molecule has 1 N–H and O–H groups in total. The van der Waals surface area contributed by atoms with Crippen molar-refractivity contribution in [3.05, 3.63) is 24.3 Å². The monoisotopic (exact) mass is 607 g/mol. The van der Waals surface area contributed by atoms with E-state index in [0.717, 1.165) is 51.4 Å². The summed E-state index contributed by atoms with van der Waals surface area (Å²) >= 11 is 0. The smallest absolute Gasteiger partial charge is 0.164 e. The maximum atomic E-state index is 12.8. The molecule has 3 nitrogen and oxygen atoms in total. The Balaban J connectivity index is 3.76. The molecule has 0 bridgehead atoms. The van der Waals surface area contributed by atoms with E-state index >= 15 is 0 Å². The number of aliphatic hydroxyl groups is 1. The highest BCUT2D eigenvalue weighted by Gasteiger charge is 2.29. The molecule has 0 aromatic carbocycles. The fourth-order valence-corrected chi connectivity index (χ4v) is 7.40. The van der Waals surface area contributed by atoms with Crippen LogP contribution >= 0.6 is 7.92 Å². The quantitative estimate of drug-likeness (QED) is 0.0459. The number of hydrogen-bond donors (Lipinski definition) is 1. The van der Waals surface area contributed by atoms with E-state index < -0.39 is 13.8 Å². The third kappa shape index (κ3) is 28.0. The fraction of sp³-hybridized carbons (Fsp3) is 0.842. The fourth-order valence-electron chi connectivity index (χ4n) is 5.49. The van der Waals surface area contributed by atoms with Crippen molar-refractivity contribution < 1.29 is 14.7 Å². The maximum absolute atomic E-state index is 12.8. The first-order valence-electron chi connectivity index (χ1n) is 18.4. The third-order valence-corrected chi connectivity index (χ3v) is 10.5. The highest BCUT2D eigenvalue weighted by molar-refractivity contribution is 7.89. The van der Waals surface area contributed by atoms with Crippen molar-refractivity contribution in [1.29, 1.82) is 0 Å². The van der Waals surface area contributed by atoms with Crippen molar-refractivity contribution in [2.24, 2.45) is 0 Å². The van der Waals surface area contributed by atoms with Crippen LogP contribution in [0.25, 0.3) is 0 Å². The number of rotatable bonds is 33. The highest BCUT2D eigenvalue weighted by Crippen LogP contribution is 2.44. The van der Waals surface area contributed by atoms with E-state index in [4.69, 9.17) is 0 Å². The topological polar surface area (TPSA) is 54.4 Å². The molecule has 42 heavy (non-hydrogen) atoms. The molecule has 0 aliphatic heterocycles. The van der Waals surface area contributed by atoms with E-state index in [2.05, 4.69) is 38.2 Å². The van der Waals surface area contributed by atoms with Gasteiger partial charge in [-0.15, -0.1) is 0 Å². The lowest BCUT2D eigenvalue weighted by Gasteiger charge is -2.17. The standard InChI is InChI=1S/C38H71O3P/c1-4-6-8-10-12-14-16-18-20-22-24-26-28-30-32-34-37(40)42(36(3)39)38(41)35-33-31-29-27-25-23-21-19-17-15-13-11-9-7-5-2/h18-21,36,39H,4-17,22-35H2,1-3H3/b20-18-,21-19-. The molecule has 0 saturated heterocycles. The van der Waals surface area contributed by atoms with Gasteiger partial charge in [0.05, 0.1) is 13.8 Å². The molecule has 4 heteroatoms. The Morgan fingerprint density at radius 1 is 0.476 bits per heavy atom. The number of aliphatic hydroxyl groups excluding tert-OH is 1. The zero-order valence-electron chi connectivity index (χ0n) is 28.4. The molecular weight excluding hydrogens is 535 g/mol. The highest BCUT2D eigenvalue weighted by atomic mass is 31.1. The van der Waals surface area contributed by atoms with Crippen molar-refractivity contribution in [3.8, 4) is 0 Å². The Morgan fingerprint density at radius 3 is 1.02 bits per heavy atom. The van der Waals surface area contributed by atoms with Gasteiger partial charge in [0.2, 0.25) is 0 Å². The first kappa shape index (κ1) is 41.2. The number of carbonyl (C=O) groups excluding carboxylic acids is 2. The minimum atomic E-state index is -1.57. The molecule has 0 rings (SSSR count). The van der Waals surface area contributed by atoms with Gasteiger partial charge in [-0.25, -0.2) is 0 Å². The molecule has 0 fully saturated rings. The van der Waals surface area contributed by atoms with Crippen LogP contribution in [0.4, 0.5) is 0 Å². The molecule has 0 aromatic rings. The van der Waals surface area contributed by atoms with Crippen LogP contribution in [0.3, 0.4) is 0 Å². The van der Waals surface area contributed by atoms with Crippen molar-refractivity contribution in [3.63, 3.8) is 0 Å². The second kappa shape index (κ2) is 33.1. The molecule has 1 atom stereocenters. The van der Waals surface area contributed by atoms with Gasteiger partial charge in [0.15, 0.2) is 11.0 Å². The van der Waals surface area contributed by atoms with E-state index in [9.17, 15) is 14.7 Å². The third-order valence-electron chi connectivity index (χ3n) is 8.22. The SMILES string of the molecule is CCCCCCCC/C=C\CCCCCCCC(=O)P(C(=O)CCCCCCC/C=C\CCCCCCCC)C(C)O. The summed E-state index contributed by atoms with van der Waals surface area (Å²) in [5.74, 6) is -0.814. The summed E-state index contributed by atoms with van der Waals surface area (Å²) in [5, 5.41) is 10.2. The lowest BCUT2D eigenvalue weighted by atomic mass is 10.1. The lowest BCUT2D eigenvalue weighted by Crippen LogP contribution is -2.14. The molecule has 0 saturated carbocycles. The zero-order valence-corrected chi connectivity index (χ0v) is 29.3. The van der Waals surface area contributed by atoms with Crippen molar-refractivity contribution >= 4 is 19.0 Å². The summed E-state index contributed by atoms with van der Waals surface area (Å²) in [4.78, 5) is 25.5. The van der Waals surface area contributed by atoms with E-state index in [1.165, 1.54) is 116 Å². The summed E-state index contributed by atoms with van der Waals surface area (Å²) < 4.78 is 0. The molecule has 0 aromatic heterocycles. The predicted molar refractivity (Wildman–Crippen MR) is 188 cm³/mol. The van der Waals surface area contributed by atoms with Crippen LogP contribution < -0.4 is 0 Å². The number of hydrogen-bond acceptors (Lipinski definition) is 3. The zero-order chi connectivity index (χ0) is 30.9. The van der Waals surface area contributed by atoms with Crippen LogP contribution in [0.15, 0.2) is 24.3 Å². The maximum Gasteiger partial charge on any atom is 0.164 e. The molecule has 0 heterocycles. The second-order valence-electron chi connectivity index (χ2n) is 12.5. The molecule has 0 radical (unpaired) electrons. The van der Waals surface area contributed by atoms with Gasteiger partial charge in [0.25, 0.3) is 0 Å². The first-order valence-corrected chi connectivity index (χ1v) is 19.8. The summed E-state index contributed by atoms with van der Waals surface area (Å²) in [6.45, 7) is 6.15. The Bertz CT molecular complexity index is 603. The van der Waals surface area contributed by atoms with Gasteiger partial charge in [-0.3, -0.25) is 9.59 Å². The van der Waals surface area contributed by atoms with E-state index in [1.807, 2.05) is 0 Å². The summed E-state index contributed by atoms with van der Waals surface area (Å²) in [7, 11) is -1.57. The normalized spacial score (nSPS) is 12.7. The van der Waals surface area contributed by atoms with Gasteiger partial charge in [-0.1, -0.05) is 141 Å².